The average molecular weight is 296 g/mol. The molecule has 1 heterocycles. The summed E-state index contributed by atoms with van der Waals surface area (Å²) < 4.78 is 29.0. The minimum absolute atomic E-state index is 0.0178. The van der Waals surface area contributed by atoms with Gasteiger partial charge in [-0.25, -0.2) is 13.9 Å². The van der Waals surface area contributed by atoms with Crippen LogP contribution in [0, 0.1) is 6.92 Å². The molecule has 2 rings (SSSR count). The highest BCUT2D eigenvalue weighted by atomic mass is 32.2. The molecule has 0 fully saturated rings. The number of aryl methyl sites for hydroxylation is 1. The van der Waals surface area contributed by atoms with Crippen molar-refractivity contribution in [3.63, 3.8) is 0 Å². The summed E-state index contributed by atoms with van der Waals surface area (Å²) in [6.07, 6.45) is 0. The van der Waals surface area contributed by atoms with Crippen LogP contribution < -0.4 is 5.48 Å². The molecular formula is C12H12N2O5S. The van der Waals surface area contributed by atoms with Gasteiger partial charge < -0.3 is 4.52 Å². The first-order valence-corrected chi connectivity index (χ1v) is 7.27. The summed E-state index contributed by atoms with van der Waals surface area (Å²) in [6, 6.07) is 7.55. The van der Waals surface area contributed by atoms with Crippen molar-refractivity contribution in [1.82, 2.24) is 10.6 Å². The molecule has 20 heavy (non-hydrogen) atoms. The van der Waals surface area contributed by atoms with Gasteiger partial charge in [-0.1, -0.05) is 22.9 Å². The van der Waals surface area contributed by atoms with Gasteiger partial charge in [-0.3, -0.25) is 10.0 Å². The summed E-state index contributed by atoms with van der Waals surface area (Å²) in [4.78, 5) is 11.2. The Hall–Kier alpha value is -2.19. The van der Waals surface area contributed by atoms with Crippen molar-refractivity contribution in [3.05, 3.63) is 47.3 Å². The highest BCUT2D eigenvalue weighted by Gasteiger charge is 2.20. The lowest BCUT2D eigenvalue weighted by Gasteiger charge is -2.02. The number of carbonyl (C=O) groups is 1. The summed E-state index contributed by atoms with van der Waals surface area (Å²) in [5.41, 5.74) is 2.14. The molecule has 0 aliphatic carbocycles. The van der Waals surface area contributed by atoms with Gasteiger partial charge in [0.15, 0.2) is 21.3 Å². The number of benzene rings is 1. The molecule has 0 aliphatic heterocycles. The number of hydrogen-bond donors (Lipinski definition) is 2. The van der Waals surface area contributed by atoms with Crippen molar-refractivity contribution in [3.8, 4) is 0 Å². The molecule has 0 spiro atoms. The summed E-state index contributed by atoms with van der Waals surface area (Å²) in [7, 11) is -3.58. The Labute approximate surface area is 115 Å². The average Bonchev–Trinajstić information content (AvgIpc) is 2.86. The molecule has 0 bridgehead atoms. The fraction of sp³-hybridized carbons (Fsp3) is 0.167. The summed E-state index contributed by atoms with van der Waals surface area (Å²) >= 11 is 0. The van der Waals surface area contributed by atoms with Crippen LogP contribution in [0.3, 0.4) is 0 Å². The van der Waals surface area contributed by atoms with Gasteiger partial charge in [0.1, 0.15) is 5.75 Å². The van der Waals surface area contributed by atoms with Gasteiger partial charge in [0, 0.05) is 6.07 Å². The minimum atomic E-state index is -3.58. The van der Waals surface area contributed by atoms with E-state index in [4.69, 9.17) is 9.73 Å². The van der Waals surface area contributed by atoms with Gasteiger partial charge in [0.2, 0.25) is 0 Å². The number of hydroxylamine groups is 1. The van der Waals surface area contributed by atoms with Crippen LogP contribution in [-0.2, 0) is 15.6 Å². The number of nitrogens with one attached hydrogen (secondary N) is 1. The summed E-state index contributed by atoms with van der Waals surface area (Å²) in [6.45, 7) is 1.85. The van der Waals surface area contributed by atoms with Gasteiger partial charge in [-0.2, -0.15) is 0 Å². The Morgan fingerprint density at radius 1 is 1.35 bits per heavy atom. The van der Waals surface area contributed by atoms with E-state index < -0.39 is 21.5 Å². The minimum Gasteiger partial charge on any atom is -0.359 e. The maximum atomic E-state index is 12.1. The third-order valence-electron chi connectivity index (χ3n) is 2.61. The van der Waals surface area contributed by atoms with Crippen LogP contribution in [-0.4, -0.2) is 24.7 Å². The zero-order chi connectivity index (χ0) is 14.8. The number of aromatic nitrogens is 1. The van der Waals surface area contributed by atoms with Crippen LogP contribution in [0.4, 0.5) is 0 Å². The van der Waals surface area contributed by atoms with Crippen molar-refractivity contribution >= 4 is 15.7 Å². The van der Waals surface area contributed by atoms with E-state index in [0.29, 0.717) is 0 Å². The van der Waals surface area contributed by atoms with Crippen LogP contribution in [0.5, 0.6) is 0 Å². The van der Waals surface area contributed by atoms with Gasteiger partial charge in [-0.15, -0.1) is 0 Å². The van der Waals surface area contributed by atoms with Crippen molar-refractivity contribution < 1.29 is 22.9 Å². The molecule has 0 atom stereocenters. The molecule has 1 aromatic heterocycles. The van der Waals surface area contributed by atoms with Crippen LogP contribution in [0.1, 0.15) is 21.8 Å². The Morgan fingerprint density at radius 3 is 2.60 bits per heavy atom. The predicted molar refractivity (Wildman–Crippen MR) is 67.8 cm³/mol. The molecule has 106 valence electrons. The number of sulfone groups is 1. The molecule has 0 saturated carbocycles. The third-order valence-corrected chi connectivity index (χ3v) is 4.26. The van der Waals surface area contributed by atoms with E-state index in [1.165, 1.54) is 17.6 Å². The Balaban J connectivity index is 2.22. The molecule has 0 unspecified atom stereocenters. The van der Waals surface area contributed by atoms with Crippen LogP contribution in [0.25, 0.3) is 0 Å². The quantitative estimate of drug-likeness (QED) is 0.645. The summed E-state index contributed by atoms with van der Waals surface area (Å²) in [5.74, 6) is -1.26. The van der Waals surface area contributed by atoms with E-state index in [1.54, 1.807) is 12.1 Å². The lowest BCUT2D eigenvalue weighted by atomic mass is 10.2. The van der Waals surface area contributed by atoms with Gasteiger partial charge in [0.05, 0.1) is 4.90 Å². The number of carbonyl (C=O) groups excluding carboxylic acids is 1. The largest absolute Gasteiger partial charge is 0.359 e. The molecule has 2 aromatic rings. The summed E-state index contributed by atoms with van der Waals surface area (Å²) in [5, 5.41) is 11.8. The molecule has 0 saturated heterocycles. The van der Waals surface area contributed by atoms with Gasteiger partial charge in [-0.05, 0) is 19.1 Å². The van der Waals surface area contributed by atoms with Gasteiger partial charge >= 0.3 is 0 Å². The van der Waals surface area contributed by atoms with Crippen molar-refractivity contribution in [1.29, 1.82) is 0 Å². The lowest BCUT2D eigenvalue weighted by molar-refractivity contribution is 0.0696. The fourth-order valence-corrected chi connectivity index (χ4v) is 2.79. The van der Waals surface area contributed by atoms with E-state index in [2.05, 4.69) is 5.16 Å². The zero-order valence-corrected chi connectivity index (χ0v) is 11.3. The first-order valence-electron chi connectivity index (χ1n) is 5.62. The maximum absolute atomic E-state index is 12.1. The zero-order valence-electron chi connectivity index (χ0n) is 10.5. The number of nitrogens with zero attached hydrogens (tertiary/aromatic N) is 1. The lowest BCUT2D eigenvalue weighted by Crippen LogP contribution is -2.18. The first-order chi connectivity index (χ1) is 9.42. The Bertz CT molecular complexity index is 719. The van der Waals surface area contributed by atoms with Crippen molar-refractivity contribution in [2.75, 3.05) is 0 Å². The number of amides is 1. The first kappa shape index (κ1) is 14.2. The van der Waals surface area contributed by atoms with E-state index in [9.17, 15) is 13.2 Å². The molecule has 1 aromatic carbocycles. The van der Waals surface area contributed by atoms with E-state index in [1.807, 2.05) is 6.92 Å². The van der Waals surface area contributed by atoms with Crippen LogP contribution in [0.2, 0.25) is 0 Å². The Kier molecular flexibility index (Phi) is 3.86. The fourth-order valence-electron chi connectivity index (χ4n) is 1.56. The monoisotopic (exact) mass is 296 g/mol. The van der Waals surface area contributed by atoms with Crippen LogP contribution in [0.15, 0.2) is 39.8 Å². The molecule has 1 amide bonds. The van der Waals surface area contributed by atoms with E-state index in [-0.39, 0.29) is 16.3 Å². The van der Waals surface area contributed by atoms with Crippen molar-refractivity contribution in [2.45, 2.75) is 17.6 Å². The normalized spacial score (nSPS) is 11.3. The Morgan fingerprint density at radius 2 is 2.00 bits per heavy atom. The second-order valence-corrected chi connectivity index (χ2v) is 6.18. The number of rotatable bonds is 4. The smallest absolute Gasteiger partial charge is 0.296 e. The number of hydrogen-bond acceptors (Lipinski definition) is 6. The third kappa shape index (κ3) is 3.03. The molecule has 8 heteroatoms. The topological polar surface area (TPSA) is 110 Å². The molecule has 0 aliphatic rings. The molecule has 2 N–H and O–H groups in total. The molecule has 7 nitrogen and oxygen atoms in total. The highest BCUT2D eigenvalue weighted by molar-refractivity contribution is 7.90. The molecule has 0 radical (unpaired) electrons. The second kappa shape index (κ2) is 5.43. The van der Waals surface area contributed by atoms with Gasteiger partial charge in [0.25, 0.3) is 5.91 Å². The second-order valence-electron chi connectivity index (χ2n) is 4.19. The van der Waals surface area contributed by atoms with Crippen molar-refractivity contribution in [2.24, 2.45) is 0 Å². The predicted octanol–water partition coefficient (Wildman–Crippen LogP) is 1.08. The van der Waals surface area contributed by atoms with E-state index >= 15 is 0 Å². The van der Waals surface area contributed by atoms with Crippen LogP contribution >= 0.6 is 0 Å². The highest BCUT2D eigenvalue weighted by Crippen LogP contribution is 2.17. The molecular weight excluding hydrogens is 284 g/mol. The maximum Gasteiger partial charge on any atom is 0.296 e. The van der Waals surface area contributed by atoms with E-state index in [0.717, 1.165) is 11.6 Å². The standard InChI is InChI=1S/C12H12N2O5S/c1-8-2-4-10(5-3-8)20(17,18)7-9-6-11(14-19-9)12(15)13-16/h2-6,16H,7H2,1H3,(H,13,15). The SMILES string of the molecule is Cc1ccc(S(=O)(=O)Cc2cc(C(=O)NO)no2)cc1.